The van der Waals surface area contributed by atoms with E-state index < -0.39 is 5.60 Å². The Hall–Kier alpha value is -2.09. The molecule has 1 aliphatic heterocycles. The number of nitrogens with zero attached hydrogens (tertiary/aromatic N) is 2. The molecule has 8 heteroatoms. The summed E-state index contributed by atoms with van der Waals surface area (Å²) in [5.41, 5.74) is 0.135. The van der Waals surface area contributed by atoms with Gasteiger partial charge in [0.25, 0.3) is 5.56 Å². The zero-order chi connectivity index (χ0) is 17.3. The summed E-state index contributed by atoms with van der Waals surface area (Å²) in [7, 11) is 0. The van der Waals surface area contributed by atoms with Gasteiger partial charge in [-0.2, -0.15) is 0 Å². The average Bonchev–Trinajstić information content (AvgIpc) is 2.95. The van der Waals surface area contributed by atoms with Crippen molar-refractivity contribution in [2.24, 2.45) is 0 Å². The SMILES string of the molecule is CC(C)(C)OC(=O)NC1CCN(c2nc3ccsc3c(=O)[nH]2)CC1. The van der Waals surface area contributed by atoms with Gasteiger partial charge in [-0.05, 0) is 45.1 Å². The van der Waals surface area contributed by atoms with Crippen LogP contribution in [0.25, 0.3) is 10.2 Å². The molecule has 1 aliphatic rings. The predicted molar refractivity (Wildman–Crippen MR) is 94.8 cm³/mol. The van der Waals surface area contributed by atoms with Crippen LogP contribution < -0.4 is 15.8 Å². The fourth-order valence-corrected chi connectivity index (χ4v) is 3.45. The number of aromatic nitrogens is 2. The summed E-state index contributed by atoms with van der Waals surface area (Å²) >= 11 is 1.39. The van der Waals surface area contributed by atoms with Gasteiger partial charge in [0.05, 0.1) is 5.52 Å². The van der Waals surface area contributed by atoms with Crippen LogP contribution in [0, 0.1) is 0 Å². The van der Waals surface area contributed by atoms with E-state index >= 15 is 0 Å². The number of alkyl carbamates (subject to hydrolysis) is 1. The minimum absolute atomic E-state index is 0.0766. The summed E-state index contributed by atoms with van der Waals surface area (Å²) in [5, 5.41) is 4.77. The molecule has 2 aromatic heterocycles. The molecule has 3 heterocycles. The Kier molecular flexibility index (Phi) is 4.49. The lowest BCUT2D eigenvalue weighted by atomic mass is 10.1. The molecule has 0 saturated carbocycles. The lowest BCUT2D eigenvalue weighted by molar-refractivity contribution is 0.0497. The second kappa shape index (κ2) is 6.43. The number of fused-ring (bicyclic) bond motifs is 1. The van der Waals surface area contributed by atoms with Gasteiger partial charge in [-0.15, -0.1) is 11.3 Å². The molecule has 2 aromatic rings. The summed E-state index contributed by atoms with van der Waals surface area (Å²) < 4.78 is 5.94. The summed E-state index contributed by atoms with van der Waals surface area (Å²) in [6, 6.07) is 1.93. The molecule has 0 aromatic carbocycles. The summed E-state index contributed by atoms with van der Waals surface area (Å²) in [5.74, 6) is 0.599. The van der Waals surface area contributed by atoms with Crippen LogP contribution in [0.2, 0.25) is 0 Å². The van der Waals surface area contributed by atoms with Crippen molar-refractivity contribution < 1.29 is 9.53 Å². The molecule has 1 saturated heterocycles. The van der Waals surface area contributed by atoms with Crippen LogP contribution in [0.5, 0.6) is 0 Å². The molecular formula is C16H22N4O3S. The van der Waals surface area contributed by atoms with E-state index in [1.165, 1.54) is 11.3 Å². The van der Waals surface area contributed by atoms with Crippen molar-refractivity contribution in [2.75, 3.05) is 18.0 Å². The van der Waals surface area contributed by atoms with Crippen molar-refractivity contribution >= 4 is 33.6 Å². The third-order valence-corrected chi connectivity index (χ3v) is 4.72. The first-order chi connectivity index (χ1) is 11.3. The number of piperidine rings is 1. The fourth-order valence-electron chi connectivity index (χ4n) is 2.72. The normalized spacial score (nSPS) is 16.4. The van der Waals surface area contributed by atoms with Gasteiger partial charge in [-0.3, -0.25) is 9.78 Å². The first-order valence-corrected chi connectivity index (χ1v) is 8.92. The molecule has 130 valence electrons. The van der Waals surface area contributed by atoms with Crippen molar-refractivity contribution in [1.82, 2.24) is 15.3 Å². The van der Waals surface area contributed by atoms with Crippen LogP contribution in [-0.4, -0.2) is 40.8 Å². The number of amides is 1. The molecule has 1 amide bonds. The lowest BCUT2D eigenvalue weighted by Crippen LogP contribution is -2.46. The van der Waals surface area contributed by atoms with Gasteiger partial charge in [0, 0.05) is 19.1 Å². The van der Waals surface area contributed by atoms with E-state index in [2.05, 4.69) is 15.3 Å². The van der Waals surface area contributed by atoms with Crippen molar-refractivity contribution in [1.29, 1.82) is 0 Å². The number of carbonyl (C=O) groups excluding carboxylic acids is 1. The highest BCUT2D eigenvalue weighted by Crippen LogP contribution is 2.20. The van der Waals surface area contributed by atoms with Gasteiger partial charge >= 0.3 is 6.09 Å². The number of anilines is 1. The molecule has 0 unspecified atom stereocenters. The van der Waals surface area contributed by atoms with Crippen LogP contribution in [0.1, 0.15) is 33.6 Å². The molecule has 0 atom stereocenters. The number of hydrogen-bond acceptors (Lipinski definition) is 6. The van der Waals surface area contributed by atoms with E-state index in [0.29, 0.717) is 10.6 Å². The molecule has 0 spiro atoms. The predicted octanol–water partition coefficient (Wildman–Crippen LogP) is 2.48. The van der Waals surface area contributed by atoms with Crippen molar-refractivity contribution in [3.8, 4) is 0 Å². The number of ether oxygens (including phenoxy) is 1. The second-order valence-corrected chi connectivity index (χ2v) is 7.85. The summed E-state index contributed by atoms with van der Waals surface area (Å²) in [4.78, 5) is 33.3. The Balaban J connectivity index is 1.60. The zero-order valence-corrected chi connectivity index (χ0v) is 14.9. The number of thiophene rings is 1. The highest BCUT2D eigenvalue weighted by molar-refractivity contribution is 7.17. The molecule has 1 fully saturated rings. The number of aromatic amines is 1. The van der Waals surface area contributed by atoms with Gasteiger partial charge in [0.15, 0.2) is 0 Å². The number of hydrogen-bond donors (Lipinski definition) is 2. The molecule has 0 bridgehead atoms. The van der Waals surface area contributed by atoms with Crippen LogP contribution in [0.15, 0.2) is 16.2 Å². The molecule has 0 radical (unpaired) electrons. The van der Waals surface area contributed by atoms with Crippen LogP contribution >= 0.6 is 11.3 Å². The van der Waals surface area contributed by atoms with E-state index in [-0.39, 0.29) is 17.7 Å². The maximum Gasteiger partial charge on any atom is 0.407 e. The van der Waals surface area contributed by atoms with Crippen LogP contribution in [0.4, 0.5) is 10.7 Å². The quantitative estimate of drug-likeness (QED) is 0.869. The standard InChI is InChI=1S/C16H22N4O3S/c1-16(2,3)23-15(22)17-10-4-7-20(8-5-10)14-18-11-6-9-24-12(11)13(21)19-14/h6,9-10H,4-5,7-8H2,1-3H3,(H,17,22)(H,18,19,21). The van der Waals surface area contributed by atoms with Crippen molar-refractivity contribution in [2.45, 2.75) is 45.3 Å². The average molecular weight is 350 g/mol. The Bertz CT molecular complexity index is 784. The first-order valence-electron chi connectivity index (χ1n) is 8.04. The molecule has 2 N–H and O–H groups in total. The topological polar surface area (TPSA) is 87.3 Å². The van der Waals surface area contributed by atoms with E-state index in [4.69, 9.17) is 4.74 Å². The van der Waals surface area contributed by atoms with E-state index in [0.717, 1.165) is 31.4 Å². The van der Waals surface area contributed by atoms with Crippen LogP contribution in [0.3, 0.4) is 0 Å². The second-order valence-electron chi connectivity index (χ2n) is 6.93. The molecule has 3 rings (SSSR count). The highest BCUT2D eigenvalue weighted by atomic mass is 32.1. The number of carbonyl (C=O) groups is 1. The molecule has 7 nitrogen and oxygen atoms in total. The monoisotopic (exact) mass is 350 g/mol. The maximum absolute atomic E-state index is 12.1. The first kappa shape index (κ1) is 16.8. The van der Waals surface area contributed by atoms with Crippen molar-refractivity contribution in [3.63, 3.8) is 0 Å². The number of H-pyrrole nitrogens is 1. The van der Waals surface area contributed by atoms with Gasteiger partial charge in [-0.1, -0.05) is 0 Å². The molecule has 0 aliphatic carbocycles. The number of nitrogens with one attached hydrogen (secondary N) is 2. The summed E-state index contributed by atoms with van der Waals surface area (Å²) in [6.45, 7) is 6.98. The Morgan fingerprint density at radius 2 is 2.12 bits per heavy atom. The zero-order valence-electron chi connectivity index (χ0n) is 14.1. The lowest BCUT2D eigenvalue weighted by Gasteiger charge is -2.33. The van der Waals surface area contributed by atoms with Gasteiger partial charge in [0.1, 0.15) is 10.3 Å². The van der Waals surface area contributed by atoms with E-state index in [1.807, 2.05) is 37.1 Å². The summed E-state index contributed by atoms with van der Waals surface area (Å²) in [6.07, 6.45) is 1.18. The van der Waals surface area contributed by atoms with Crippen LogP contribution in [-0.2, 0) is 4.74 Å². The minimum Gasteiger partial charge on any atom is -0.444 e. The molecular weight excluding hydrogens is 328 g/mol. The minimum atomic E-state index is -0.496. The smallest absolute Gasteiger partial charge is 0.407 e. The fraction of sp³-hybridized carbons (Fsp3) is 0.562. The van der Waals surface area contributed by atoms with Crippen molar-refractivity contribution in [3.05, 3.63) is 21.8 Å². The van der Waals surface area contributed by atoms with E-state index in [1.54, 1.807) is 0 Å². The maximum atomic E-state index is 12.1. The largest absolute Gasteiger partial charge is 0.444 e. The Labute approximate surface area is 144 Å². The Morgan fingerprint density at radius 3 is 2.79 bits per heavy atom. The number of rotatable bonds is 2. The third-order valence-electron chi connectivity index (χ3n) is 3.82. The Morgan fingerprint density at radius 1 is 1.42 bits per heavy atom. The van der Waals surface area contributed by atoms with Gasteiger partial charge < -0.3 is 15.0 Å². The van der Waals surface area contributed by atoms with Gasteiger partial charge in [0.2, 0.25) is 5.95 Å². The molecule has 24 heavy (non-hydrogen) atoms. The van der Waals surface area contributed by atoms with Gasteiger partial charge in [-0.25, -0.2) is 9.78 Å². The highest BCUT2D eigenvalue weighted by Gasteiger charge is 2.24. The van der Waals surface area contributed by atoms with E-state index in [9.17, 15) is 9.59 Å². The third kappa shape index (κ3) is 3.87.